The van der Waals surface area contributed by atoms with Gasteiger partial charge in [0.05, 0.1) is 17.7 Å². The van der Waals surface area contributed by atoms with E-state index >= 15 is 0 Å². The fraction of sp³-hybridized carbons (Fsp3) is 0.292. The minimum absolute atomic E-state index is 0.0469. The third-order valence-electron chi connectivity index (χ3n) is 5.63. The van der Waals surface area contributed by atoms with E-state index in [1.165, 1.54) is 0 Å². The number of aromatic nitrogens is 2. The topological polar surface area (TPSA) is 122 Å². The number of aromatic amines is 1. The number of nitrogens with one attached hydrogen (secondary N) is 1. The number of ether oxygens (including phenoxy) is 1. The third kappa shape index (κ3) is 4.91. The molecule has 8 nitrogen and oxygen atoms in total. The Kier molecular flexibility index (Phi) is 6.11. The van der Waals surface area contributed by atoms with Crippen LogP contribution < -0.4 is 10.5 Å². The number of benzene rings is 2. The highest BCUT2D eigenvalue weighted by Crippen LogP contribution is 2.28. The number of carbonyl (C=O) groups excluding carboxylic acids is 2. The molecular formula is C24H26N4O4. The van der Waals surface area contributed by atoms with E-state index in [0.717, 1.165) is 22.6 Å². The average molecular weight is 434 g/mol. The zero-order chi connectivity index (χ0) is 22.7. The minimum Gasteiger partial charge on any atom is -0.508 e. The third-order valence-corrected chi connectivity index (χ3v) is 5.63. The number of phenols is 1. The fourth-order valence-corrected chi connectivity index (χ4v) is 3.85. The molecule has 0 saturated carbocycles. The Morgan fingerprint density at radius 3 is 2.53 bits per heavy atom. The normalized spacial score (nSPS) is 14.3. The molecule has 1 saturated heterocycles. The highest BCUT2D eigenvalue weighted by Gasteiger charge is 2.25. The summed E-state index contributed by atoms with van der Waals surface area (Å²) in [6.45, 7) is 3.02. The van der Waals surface area contributed by atoms with Gasteiger partial charge in [-0.3, -0.25) is 9.59 Å². The summed E-state index contributed by atoms with van der Waals surface area (Å²) in [5, 5.41) is 9.38. The summed E-state index contributed by atoms with van der Waals surface area (Å²) in [4.78, 5) is 33.9. The standard InChI is InChI=1S/C24H26N4O4/c1-15-26-14-21(27-15)17-4-7-22(20(13-17)24(25)31)32-19-8-10-28(11-9-19)23(30)12-16-2-5-18(29)6-3-16/h2-7,13-14,19,29H,8-12H2,1H3,(H2,25,31)(H,26,27). The van der Waals surface area contributed by atoms with Crippen LogP contribution in [0.5, 0.6) is 11.5 Å². The maximum atomic E-state index is 12.6. The van der Waals surface area contributed by atoms with Crippen LogP contribution in [0.1, 0.15) is 34.6 Å². The first-order valence-corrected chi connectivity index (χ1v) is 10.6. The lowest BCUT2D eigenvalue weighted by molar-refractivity contribution is -0.132. The maximum Gasteiger partial charge on any atom is 0.252 e. The highest BCUT2D eigenvalue weighted by molar-refractivity contribution is 5.97. The molecule has 1 aromatic heterocycles. The molecule has 1 aliphatic heterocycles. The van der Waals surface area contributed by atoms with Crippen LogP contribution in [0.15, 0.2) is 48.7 Å². The van der Waals surface area contributed by atoms with Gasteiger partial charge in [0, 0.05) is 37.7 Å². The smallest absolute Gasteiger partial charge is 0.252 e. The van der Waals surface area contributed by atoms with Crippen molar-refractivity contribution in [3.8, 4) is 22.8 Å². The van der Waals surface area contributed by atoms with Gasteiger partial charge >= 0.3 is 0 Å². The van der Waals surface area contributed by atoms with Crippen molar-refractivity contribution in [3.63, 3.8) is 0 Å². The summed E-state index contributed by atoms with van der Waals surface area (Å²) < 4.78 is 6.11. The van der Waals surface area contributed by atoms with Gasteiger partial charge in [0.25, 0.3) is 5.91 Å². The monoisotopic (exact) mass is 434 g/mol. The first-order valence-electron chi connectivity index (χ1n) is 10.6. The molecule has 0 atom stereocenters. The molecule has 0 spiro atoms. The number of H-pyrrole nitrogens is 1. The van der Waals surface area contributed by atoms with Crippen LogP contribution in [0.2, 0.25) is 0 Å². The number of phenolic OH excluding ortho intramolecular Hbond substituents is 1. The summed E-state index contributed by atoms with van der Waals surface area (Å²) in [7, 11) is 0. The zero-order valence-corrected chi connectivity index (χ0v) is 17.9. The quantitative estimate of drug-likeness (QED) is 0.551. The summed E-state index contributed by atoms with van der Waals surface area (Å²) in [5.41, 5.74) is 8.30. The van der Waals surface area contributed by atoms with E-state index in [2.05, 4.69) is 9.97 Å². The van der Waals surface area contributed by atoms with Gasteiger partial charge < -0.3 is 25.5 Å². The molecule has 32 heavy (non-hydrogen) atoms. The number of aromatic hydroxyl groups is 1. The predicted molar refractivity (Wildman–Crippen MR) is 119 cm³/mol. The molecule has 2 aromatic carbocycles. The number of amides is 2. The second-order valence-electron chi connectivity index (χ2n) is 7.99. The first-order chi connectivity index (χ1) is 15.4. The van der Waals surface area contributed by atoms with E-state index < -0.39 is 5.91 Å². The van der Waals surface area contributed by atoms with Crippen molar-refractivity contribution >= 4 is 11.8 Å². The van der Waals surface area contributed by atoms with Crippen LogP contribution in [0.3, 0.4) is 0 Å². The SMILES string of the molecule is Cc1nc(-c2ccc(OC3CCN(C(=O)Cc4ccc(O)cc4)CC3)c(C(N)=O)c2)c[nH]1. The average Bonchev–Trinajstić information content (AvgIpc) is 3.22. The van der Waals surface area contributed by atoms with Crippen molar-refractivity contribution in [3.05, 3.63) is 65.6 Å². The minimum atomic E-state index is -0.560. The fourth-order valence-electron chi connectivity index (χ4n) is 3.85. The predicted octanol–water partition coefficient (Wildman–Crippen LogP) is 2.80. The lowest BCUT2D eigenvalue weighted by atomic mass is 10.0. The van der Waals surface area contributed by atoms with Gasteiger partial charge in [0.15, 0.2) is 0 Å². The Hall–Kier alpha value is -3.81. The summed E-state index contributed by atoms with van der Waals surface area (Å²) in [6, 6.07) is 12.0. The summed E-state index contributed by atoms with van der Waals surface area (Å²) in [6.07, 6.45) is 3.30. The molecule has 4 N–H and O–H groups in total. The number of hydrogen-bond donors (Lipinski definition) is 3. The van der Waals surface area contributed by atoms with E-state index in [0.29, 0.717) is 43.7 Å². The number of rotatable bonds is 6. The molecule has 1 aliphatic rings. The molecule has 0 radical (unpaired) electrons. The number of hydrogen-bond acceptors (Lipinski definition) is 5. The number of imidazole rings is 1. The van der Waals surface area contributed by atoms with Gasteiger partial charge in [-0.15, -0.1) is 0 Å². The molecule has 2 amide bonds. The van der Waals surface area contributed by atoms with Gasteiger partial charge in [0.1, 0.15) is 23.4 Å². The molecule has 2 heterocycles. The molecule has 8 heteroatoms. The van der Waals surface area contributed by atoms with E-state index in [1.54, 1.807) is 42.6 Å². The second kappa shape index (κ2) is 9.13. The Bertz CT molecular complexity index is 1120. The molecule has 0 unspecified atom stereocenters. The number of piperidine rings is 1. The molecule has 4 rings (SSSR count). The van der Waals surface area contributed by atoms with E-state index in [1.807, 2.05) is 17.9 Å². The molecule has 0 bridgehead atoms. The van der Waals surface area contributed by atoms with E-state index in [9.17, 15) is 14.7 Å². The number of primary amides is 1. The molecule has 0 aliphatic carbocycles. The Labute approximate surface area is 186 Å². The van der Waals surface area contributed by atoms with Crippen LogP contribution in [0.25, 0.3) is 11.3 Å². The second-order valence-corrected chi connectivity index (χ2v) is 7.99. The van der Waals surface area contributed by atoms with Crippen LogP contribution in [0, 0.1) is 6.92 Å². The maximum absolute atomic E-state index is 12.6. The Morgan fingerprint density at radius 1 is 1.19 bits per heavy atom. The lowest BCUT2D eigenvalue weighted by Gasteiger charge is -2.32. The van der Waals surface area contributed by atoms with Crippen molar-refractivity contribution in [2.24, 2.45) is 5.73 Å². The highest BCUT2D eigenvalue weighted by atomic mass is 16.5. The van der Waals surface area contributed by atoms with Gasteiger partial charge in [0.2, 0.25) is 5.91 Å². The first kappa shape index (κ1) is 21.4. The number of nitrogens with zero attached hydrogens (tertiary/aromatic N) is 2. The van der Waals surface area contributed by atoms with Gasteiger partial charge in [-0.2, -0.15) is 0 Å². The van der Waals surface area contributed by atoms with Gasteiger partial charge in [-0.05, 0) is 42.8 Å². The molecule has 1 fully saturated rings. The number of nitrogens with two attached hydrogens (primary N) is 1. The van der Waals surface area contributed by atoms with Crippen LogP contribution in [-0.2, 0) is 11.2 Å². The number of aryl methyl sites for hydroxylation is 1. The number of likely N-dealkylation sites (tertiary alicyclic amines) is 1. The van der Waals surface area contributed by atoms with Crippen molar-refractivity contribution in [1.29, 1.82) is 0 Å². The van der Waals surface area contributed by atoms with Crippen molar-refractivity contribution in [2.75, 3.05) is 13.1 Å². The Balaban J connectivity index is 1.37. The molecular weight excluding hydrogens is 408 g/mol. The lowest BCUT2D eigenvalue weighted by Crippen LogP contribution is -2.42. The Morgan fingerprint density at radius 2 is 1.91 bits per heavy atom. The zero-order valence-electron chi connectivity index (χ0n) is 17.9. The molecule has 166 valence electrons. The largest absolute Gasteiger partial charge is 0.508 e. The van der Waals surface area contributed by atoms with E-state index in [-0.39, 0.29) is 17.8 Å². The van der Waals surface area contributed by atoms with Crippen molar-refractivity contribution < 1.29 is 19.4 Å². The molecule has 3 aromatic rings. The number of carbonyl (C=O) groups is 2. The summed E-state index contributed by atoms with van der Waals surface area (Å²) in [5.74, 6) is 0.901. The van der Waals surface area contributed by atoms with Crippen molar-refractivity contribution in [1.82, 2.24) is 14.9 Å². The van der Waals surface area contributed by atoms with Crippen LogP contribution in [-0.4, -0.2) is 51.0 Å². The van der Waals surface area contributed by atoms with Crippen LogP contribution in [0.4, 0.5) is 0 Å². The summed E-state index contributed by atoms with van der Waals surface area (Å²) >= 11 is 0. The van der Waals surface area contributed by atoms with Crippen molar-refractivity contribution in [2.45, 2.75) is 32.3 Å². The van der Waals surface area contributed by atoms with Crippen LogP contribution >= 0.6 is 0 Å². The van der Waals surface area contributed by atoms with Gasteiger partial charge in [-0.1, -0.05) is 12.1 Å². The van der Waals surface area contributed by atoms with Gasteiger partial charge in [-0.25, -0.2) is 4.98 Å². The van der Waals surface area contributed by atoms with E-state index in [4.69, 9.17) is 10.5 Å².